The van der Waals surface area contributed by atoms with Gasteiger partial charge < -0.3 is 10.2 Å². The lowest BCUT2D eigenvalue weighted by molar-refractivity contribution is -0.123. The maximum absolute atomic E-state index is 13.7. The number of halogens is 1. The van der Waals surface area contributed by atoms with Crippen molar-refractivity contribution in [2.75, 3.05) is 13.2 Å². The van der Waals surface area contributed by atoms with Crippen LogP contribution in [0.4, 0.5) is 4.39 Å². The third-order valence-corrected chi connectivity index (χ3v) is 6.05. The van der Waals surface area contributed by atoms with Crippen molar-refractivity contribution in [2.24, 2.45) is 16.0 Å². The topological polar surface area (TPSA) is 73.2 Å². The number of aryl methyl sites for hydroxylation is 1. The fourth-order valence-corrected chi connectivity index (χ4v) is 3.86. The predicted octanol–water partition coefficient (Wildman–Crippen LogP) is 3.14. The second-order valence-corrected chi connectivity index (χ2v) is 8.70. The summed E-state index contributed by atoms with van der Waals surface area (Å²) in [5.74, 6) is 0.272. The van der Waals surface area contributed by atoms with Gasteiger partial charge in [0.1, 0.15) is 18.3 Å². The third kappa shape index (κ3) is 4.52. The van der Waals surface area contributed by atoms with Crippen molar-refractivity contribution >= 4 is 18.0 Å². The van der Waals surface area contributed by atoms with E-state index in [0.717, 1.165) is 49.3 Å². The lowest BCUT2D eigenvalue weighted by atomic mass is 10.0. The number of carbonyl (C=O) groups excluding carboxylic acids is 1. The summed E-state index contributed by atoms with van der Waals surface area (Å²) in [6.07, 6.45) is 10.8. The number of hydrogen-bond acceptors (Lipinski definition) is 6. The van der Waals surface area contributed by atoms with Crippen molar-refractivity contribution in [1.82, 2.24) is 20.2 Å². The first-order chi connectivity index (χ1) is 14.3. The number of amides is 1. The molecule has 0 radical (unpaired) electrons. The second-order valence-electron chi connectivity index (χ2n) is 8.70. The predicted molar refractivity (Wildman–Crippen MR) is 114 cm³/mol. The highest BCUT2D eigenvalue weighted by Gasteiger charge is 2.39. The summed E-state index contributed by atoms with van der Waals surface area (Å²) >= 11 is 0. The van der Waals surface area contributed by atoms with Gasteiger partial charge in [-0.25, -0.2) is 9.38 Å². The maximum atomic E-state index is 13.7. The largest absolute Gasteiger partial charge is 0.350 e. The molecule has 7 nitrogen and oxygen atoms in total. The number of aliphatic imine (C=N–C) groups is 1. The molecule has 1 N–H and O–H groups in total. The van der Waals surface area contributed by atoms with Crippen molar-refractivity contribution in [2.45, 2.75) is 58.0 Å². The maximum Gasteiger partial charge on any atom is 0.228 e. The number of hydrazone groups is 1. The van der Waals surface area contributed by atoms with Gasteiger partial charge >= 0.3 is 0 Å². The minimum atomic E-state index is -0.307. The fraction of sp³-hybridized carbons (Fsp3) is 0.545. The smallest absolute Gasteiger partial charge is 0.228 e. The highest BCUT2D eigenvalue weighted by Crippen LogP contribution is 2.35. The first kappa shape index (κ1) is 20.5. The summed E-state index contributed by atoms with van der Waals surface area (Å²) in [6, 6.07) is 1.67. The molecule has 3 heterocycles. The molecule has 1 aliphatic carbocycles. The summed E-state index contributed by atoms with van der Waals surface area (Å²) in [6.45, 7) is 7.09. The molecule has 30 heavy (non-hydrogen) atoms. The molecule has 160 valence electrons. The van der Waals surface area contributed by atoms with Crippen LogP contribution in [0.2, 0.25) is 0 Å². The molecule has 2 atom stereocenters. The Bertz CT molecular complexity index is 907. The minimum Gasteiger partial charge on any atom is -0.350 e. The molecule has 1 saturated carbocycles. The zero-order valence-electron chi connectivity index (χ0n) is 17.8. The molecule has 2 fully saturated rings. The van der Waals surface area contributed by atoms with E-state index in [1.54, 1.807) is 17.3 Å². The number of nitrogens with zero attached hydrogens (tertiary/aromatic N) is 5. The van der Waals surface area contributed by atoms with Crippen LogP contribution in [0.25, 0.3) is 0 Å². The van der Waals surface area contributed by atoms with Gasteiger partial charge in [-0.3, -0.25) is 14.8 Å². The summed E-state index contributed by atoms with van der Waals surface area (Å²) in [5.41, 5.74) is 1.76. The van der Waals surface area contributed by atoms with Gasteiger partial charge in [0.25, 0.3) is 0 Å². The van der Waals surface area contributed by atoms with Crippen LogP contribution in [0.3, 0.4) is 0 Å². The molecule has 2 unspecified atom stereocenters. The molecule has 4 rings (SSSR count). The van der Waals surface area contributed by atoms with E-state index in [9.17, 15) is 9.18 Å². The van der Waals surface area contributed by atoms with Gasteiger partial charge in [-0.15, -0.1) is 0 Å². The van der Waals surface area contributed by atoms with E-state index in [1.165, 1.54) is 6.20 Å². The lowest BCUT2D eigenvalue weighted by Gasteiger charge is -2.30. The Balaban J connectivity index is 1.37. The van der Waals surface area contributed by atoms with Crippen molar-refractivity contribution in [1.29, 1.82) is 0 Å². The Kier molecular flexibility index (Phi) is 5.58. The van der Waals surface area contributed by atoms with Gasteiger partial charge in [0.05, 0.1) is 18.2 Å². The summed E-state index contributed by atoms with van der Waals surface area (Å²) in [7, 11) is 0. The molecule has 0 aromatic carbocycles. The van der Waals surface area contributed by atoms with Crippen LogP contribution in [0.1, 0.15) is 56.8 Å². The van der Waals surface area contributed by atoms with Gasteiger partial charge in [0.15, 0.2) is 0 Å². The number of amidine groups is 1. The first-order valence-electron chi connectivity index (χ1n) is 10.6. The number of nitrogens with one attached hydrogen (secondary N) is 1. The van der Waals surface area contributed by atoms with Crippen LogP contribution in [-0.2, 0) is 4.79 Å². The zero-order chi connectivity index (χ0) is 21.3. The number of rotatable bonds is 5. The van der Waals surface area contributed by atoms with E-state index in [0.29, 0.717) is 6.67 Å². The van der Waals surface area contributed by atoms with Crippen LogP contribution >= 0.6 is 0 Å². The Hall–Kier alpha value is -2.77. The van der Waals surface area contributed by atoms with Gasteiger partial charge in [-0.1, -0.05) is 0 Å². The summed E-state index contributed by atoms with van der Waals surface area (Å²) in [4.78, 5) is 23.3. The van der Waals surface area contributed by atoms with Gasteiger partial charge in [-0.05, 0) is 64.2 Å². The minimum absolute atomic E-state index is 0.00269. The average Bonchev–Trinajstić information content (AvgIpc) is 3.26. The molecule has 0 spiro atoms. The quantitative estimate of drug-likeness (QED) is 0.754. The number of aromatic nitrogens is 1. The van der Waals surface area contributed by atoms with Crippen molar-refractivity contribution in [3.05, 3.63) is 41.6 Å². The zero-order valence-corrected chi connectivity index (χ0v) is 17.8. The second kappa shape index (κ2) is 8.16. The standard InChI is InChI=1S/C22H29FN6O/c1-15(21(30)27-22(3)7-8-22)12-26-28-10-6-20(25-14-28)29-9-4-5-19(29)18-11-17(23)13-24-16(18)2/h6,10-13,15,19H,4-5,7-9,14H2,1-3H3,(H,27,30)/b26-12-. The van der Waals surface area contributed by atoms with Crippen molar-refractivity contribution in [3.8, 4) is 0 Å². The Labute approximate surface area is 176 Å². The molecule has 1 aromatic heterocycles. The SMILES string of the molecule is Cc1ncc(F)cc1C1CCCN1C1=NCN(/N=C\C(C)C(=O)NC2(C)CC2)C=C1. The molecule has 2 aliphatic heterocycles. The van der Waals surface area contributed by atoms with Crippen molar-refractivity contribution < 1.29 is 9.18 Å². The molecular formula is C22H29FN6O. The van der Waals surface area contributed by atoms with Crippen LogP contribution in [0, 0.1) is 18.7 Å². The van der Waals surface area contributed by atoms with E-state index in [4.69, 9.17) is 0 Å². The number of pyridine rings is 1. The first-order valence-corrected chi connectivity index (χ1v) is 10.6. The van der Waals surface area contributed by atoms with Crippen LogP contribution < -0.4 is 5.32 Å². The number of carbonyl (C=O) groups is 1. The highest BCUT2D eigenvalue weighted by atomic mass is 19.1. The van der Waals surface area contributed by atoms with E-state index in [2.05, 4.69) is 32.2 Å². The Morgan fingerprint density at radius 1 is 1.47 bits per heavy atom. The number of likely N-dealkylation sites (tertiary alicyclic amines) is 1. The van der Waals surface area contributed by atoms with E-state index in [-0.39, 0.29) is 29.2 Å². The van der Waals surface area contributed by atoms with Gasteiger partial charge in [-0.2, -0.15) is 5.10 Å². The highest BCUT2D eigenvalue weighted by molar-refractivity contribution is 5.94. The summed E-state index contributed by atoms with van der Waals surface area (Å²) in [5, 5.41) is 9.17. The monoisotopic (exact) mass is 412 g/mol. The molecule has 8 heteroatoms. The van der Waals surface area contributed by atoms with Crippen LogP contribution in [0.15, 0.2) is 34.6 Å². The average molecular weight is 413 g/mol. The Morgan fingerprint density at radius 2 is 2.27 bits per heavy atom. The fourth-order valence-electron chi connectivity index (χ4n) is 3.86. The van der Waals surface area contributed by atoms with Crippen molar-refractivity contribution in [3.63, 3.8) is 0 Å². The van der Waals surface area contributed by atoms with Gasteiger partial charge in [0, 0.05) is 30.2 Å². The van der Waals surface area contributed by atoms with Gasteiger partial charge in [0.2, 0.25) is 5.91 Å². The molecule has 1 saturated heterocycles. The molecular weight excluding hydrogens is 383 g/mol. The van der Waals surface area contributed by atoms with Crippen LogP contribution in [0.5, 0.6) is 0 Å². The van der Waals surface area contributed by atoms with E-state index >= 15 is 0 Å². The number of hydrogen-bond donors (Lipinski definition) is 1. The normalized spacial score (nSPS) is 23.6. The molecule has 3 aliphatic rings. The third-order valence-electron chi connectivity index (χ3n) is 6.05. The van der Waals surface area contributed by atoms with E-state index in [1.807, 2.05) is 26.1 Å². The lowest BCUT2D eigenvalue weighted by Crippen LogP contribution is -2.38. The van der Waals surface area contributed by atoms with Crippen LogP contribution in [-0.4, -0.2) is 51.6 Å². The summed E-state index contributed by atoms with van der Waals surface area (Å²) < 4.78 is 13.7. The molecule has 1 amide bonds. The Morgan fingerprint density at radius 3 is 2.97 bits per heavy atom. The molecule has 1 aromatic rings. The van der Waals surface area contributed by atoms with E-state index < -0.39 is 0 Å². The molecule has 0 bridgehead atoms.